The van der Waals surface area contributed by atoms with Crippen molar-refractivity contribution >= 4 is 0 Å². The molecule has 0 aliphatic rings. The summed E-state index contributed by atoms with van der Waals surface area (Å²) in [4.78, 5) is 0. The van der Waals surface area contributed by atoms with E-state index < -0.39 is 0 Å². The molecule has 0 unspecified atom stereocenters. The molecule has 2 aromatic rings. The molecule has 0 aromatic carbocycles. The van der Waals surface area contributed by atoms with Crippen LogP contribution in [0.4, 0.5) is 0 Å². The van der Waals surface area contributed by atoms with Crippen molar-refractivity contribution < 1.29 is 0 Å². The normalized spacial score (nSPS) is 10.9. The Kier molecular flexibility index (Phi) is 3.41. The fourth-order valence-electron chi connectivity index (χ4n) is 1.74. The Balaban J connectivity index is 2.06. The number of aryl methyl sites for hydroxylation is 1. The molecule has 0 fully saturated rings. The molecule has 0 aliphatic heterocycles. The molecule has 86 valence electrons. The largest absolute Gasteiger partial charge is 0.344 e. The predicted octanol–water partition coefficient (Wildman–Crippen LogP) is 1.38. The van der Waals surface area contributed by atoms with E-state index in [9.17, 15) is 0 Å². The van der Waals surface area contributed by atoms with Crippen molar-refractivity contribution in [3.8, 4) is 0 Å². The van der Waals surface area contributed by atoms with Gasteiger partial charge in [0, 0.05) is 31.7 Å². The van der Waals surface area contributed by atoms with Crippen molar-refractivity contribution in [2.24, 2.45) is 7.05 Å². The van der Waals surface area contributed by atoms with E-state index in [0.717, 1.165) is 25.3 Å². The number of rotatable bonds is 5. The van der Waals surface area contributed by atoms with Crippen LogP contribution < -0.4 is 5.32 Å². The molecule has 16 heavy (non-hydrogen) atoms. The van der Waals surface area contributed by atoms with Crippen LogP contribution in [0.15, 0.2) is 30.6 Å². The monoisotopic (exact) mass is 218 g/mol. The molecule has 0 saturated carbocycles. The lowest BCUT2D eigenvalue weighted by molar-refractivity contribution is 0.642. The highest BCUT2D eigenvalue weighted by Crippen LogP contribution is 2.06. The Bertz CT molecular complexity index is 441. The van der Waals surface area contributed by atoms with Gasteiger partial charge in [-0.05, 0) is 24.7 Å². The van der Waals surface area contributed by atoms with Gasteiger partial charge < -0.3 is 9.88 Å². The first-order valence-electron chi connectivity index (χ1n) is 5.63. The molecule has 4 nitrogen and oxygen atoms in total. The second-order valence-corrected chi connectivity index (χ2v) is 3.89. The van der Waals surface area contributed by atoms with E-state index in [1.165, 1.54) is 5.69 Å². The van der Waals surface area contributed by atoms with Gasteiger partial charge in [0.2, 0.25) is 0 Å². The maximum Gasteiger partial charge on any atom is 0.0821 e. The van der Waals surface area contributed by atoms with Crippen LogP contribution in [-0.4, -0.2) is 20.9 Å². The van der Waals surface area contributed by atoms with E-state index in [2.05, 4.69) is 46.3 Å². The van der Waals surface area contributed by atoms with E-state index in [-0.39, 0.29) is 0 Å². The van der Waals surface area contributed by atoms with Crippen molar-refractivity contribution in [1.82, 2.24) is 19.7 Å². The Labute approximate surface area is 95.9 Å². The highest BCUT2D eigenvalue weighted by atomic mass is 15.3. The molecule has 0 atom stereocenters. The standard InChI is InChI=1S/C12H18N4/c1-3-13-9-12-5-4-7-16(12)10-11-6-8-15(2)14-11/h4-8,13H,3,9-10H2,1-2H3. The lowest BCUT2D eigenvalue weighted by Gasteiger charge is -2.07. The molecule has 0 radical (unpaired) electrons. The molecule has 0 amide bonds. The van der Waals surface area contributed by atoms with Gasteiger partial charge in [-0.15, -0.1) is 0 Å². The maximum absolute atomic E-state index is 4.38. The van der Waals surface area contributed by atoms with Gasteiger partial charge in [0.15, 0.2) is 0 Å². The van der Waals surface area contributed by atoms with Crippen LogP contribution in [0, 0.1) is 0 Å². The van der Waals surface area contributed by atoms with Gasteiger partial charge in [0.1, 0.15) is 0 Å². The highest BCUT2D eigenvalue weighted by Gasteiger charge is 2.02. The minimum absolute atomic E-state index is 0.842. The lowest BCUT2D eigenvalue weighted by atomic mass is 10.4. The number of hydrogen-bond donors (Lipinski definition) is 1. The fourth-order valence-corrected chi connectivity index (χ4v) is 1.74. The summed E-state index contributed by atoms with van der Waals surface area (Å²) >= 11 is 0. The van der Waals surface area contributed by atoms with Crippen LogP contribution in [0.1, 0.15) is 18.3 Å². The molecule has 2 aromatic heterocycles. The Morgan fingerprint density at radius 3 is 2.88 bits per heavy atom. The Morgan fingerprint density at radius 1 is 1.31 bits per heavy atom. The summed E-state index contributed by atoms with van der Waals surface area (Å²) in [7, 11) is 1.94. The third kappa shape index (κ3) is 2.52. The Morgan fingerprint density at radius 2 is 2.19 bits per heavy atom. The first kappa shape index (κ1) is 11.0. The predicted molar refractivity (Wildman–Crippen MR) is 64.1 cm³/mol. The smallest absolute Gasteiger partial charge is 0.0821 e. The minimum Gasteiger partial charge on any atom is -0.344 e. The number of nitrogens with one attached hydrogen (secondary N) is 1. The van der Waals surface area contributed by atoms with Crippen LogP contribution >= 0.6 is 0 Å². The second-order valence-electron chi connectivity index (χ2n) is 3.89. The molecule has 0 spiro atoms. The second kappa shape index (κ2) is 4.99. The van der Waals surface area contributed by atoms with E-state index in [4.69, 9.17) is 0 Å². The lowest BCUT2D eigenvalue weighted by Crippen LogP contribution is -2.15. The third-order valence-electron chi connectivity index (χ3n) is 2.58. The molecule has 4 heteroatoms. The van der Waals surface area contributed by atoms with E-state index in [0.29, 0.717) is 0 Å². The maximum atomic E-state index is 4.38. The van der Waals surface area contributed by atoms with E-state index >= 15 is 0 Å². The molecule has 1 N–H and O–H groups in total. The van der Waals surface area contributed by atoms with Gasteiger partial charge in [-0.2, -0.15) is 5.10 Å². The number of hydrogen-bond acceptors (Lipinski definition) is 2. The molecular formula is C12H18N4. The summed E-state index contributed by atoms with van der Waals surface area (Å²) in [6.07, 6.45) is 4.07. The number of nitrogens with zero attached hydrogens (tertiary/aromatic N) is 3. The molecule has 2 rings (SSSR count). The van der Waals surface area contributed by atoms with Gasteiger partial charge in [0.25, 0.3) is 0 Å². The summed E-state index contributed by atoms with van der Waals surface area (Å²) < 4.78 is 4.06. The molecule has 0 aliphatic carbocycles. The topological polar surface area (TPSA) is 34.8 Å². The van der Waals surface area contributed by atoms with Gasteiger partial charge in [-0.3, -0.25) is 4.68 Å². The van der Waals surface area contributed by atoms with Gasteiger partial charge in [-0.25, -0.2) is 0 Å². The van der Waals surface area contributed by atoms with Crippen LogP contribution in [0.3, 0.4) is 0 Å². The molecule has 0 saturated heterocycles. The first-order chi connectivity index (χ1) is 7.79. The molecule has 0 bridgehead atoms. The zero-order chi connectivity index (χ0) is 11.4. The summed E-state index contributed by atoms with van der Waals surface area (Å²) in [5.41, 5.74) is 2.39. The van der Waals surface area contributed by atoms with Crippen LogP contribution in [0.5, 0.6) is 0 Å². The van der Waals surface area contributed by atoms with Gasteiger partial charge in [0.05, 0.1) is 12.2 Å². The minimum atomic E-state index is 0.842. The quantitative estimate of drug-likeness (QED) is 0.822. The summed E-state index contributed by atoms with van der Waals surface area (Å²) in [5, 5.41) is 7.72. The highest BCUT2D eigenvalue weighted by molar-refractivity contribution is 5.10. The average Bonchev–Trinajstić information content (AvgIpc) is 2.86. The first-order valence-corrected chi connectivity index (χ1v) is 5.63. The van der Waals surface area contributed by atoms with Crippen LogP contribution in [0.2, 0.25) is 0 Å². The average molecular weight is 218 g/mol. The van der Waals surface area contributed by atoms with Crippen molar-refractivity contribution in [1.29, 1.82) is 0 Å². The van der Waals surface area contributed by atoms with Gasteiger partial charge in [-0.1, -0.05) is 6.92 Å². The van der Waals surface area contributed by atoms with Crippen molar-refractivity contribution in [3.05, 3.63) is 42.0 Å². The van der Waals surface area contributed by atoms with E-state index in [1.54, 1.807) is 0 Å². The Hall–Kier alpha value is -1.55. The number of aromatic nitrogens is 3. The van der Waals surface area contributed by atoms with Crippen LogP contribution in [-0.2, 0) is 20.1 Å². The zero-order valence-corrected chi connectivity index (χ0v) is 9.85. The van der Waals surface area contributed by atoms with Crippen molar-refractivity contribution in [2.45, 2.75) is 20.0 Å². The zero-order valence-electron chi connectivity index (χ0n) is 9.85. The van der Waals surface area contributed by atoms with E-state index in [1.807, 2.05) is 17.9 Å². The summed E-state index contributed by atoms with van der Waals surface area (Å²) in [5.74, 6) is 0. The molecular weight excluding hydrogens is 200 g/mol. The SMILES string of the molecule is CCNCc1cccn1Cc1ccn(C)n1. The van der Waals surface area contributed by atoms with Crippen molar-refractivity contribution in [2.75, 3.05) is 6.54 Å². The third-order valence-corrected chi connectivity index (χ3v) is 2.58. The van der Waals surface area contributed by atoms with Crippen LogP contribution in [0.25, 0.3) is 0 Å². The summed E-state index contributed by atoms with van der Waals surface area (Å²) in [6, 6.07) is 6.28. The molecule has 2 heterocycles. The van der Waals surface area contributed by atoms with Crippen molar-refractivity contribution in [3.63, 3.8) is 0 Å². The fraction of sp³-hybridized carbons (Fsp3) is 0.417. The summed E-state index contributed by atoms with van der Waals surface area (Å²) in [6.45, 7) is 4.87. The van der Waals surface area contributed by atoms with Gasteiger partial charge >= 0.3 is 0 Å².